The number of ether oxygens (including phenoxy) is 1. The summed E-state index contributed by atoms with van der Waals surface area (Å²) in [5, 5.41) is 3.69. The molecule has 0 unspecified atom stereocenters. The predicted octanol–water partition coefficient (Wildman–Crippen LogP) is 4.89. The van der Waals surface area contributed by atoms with Crippen LogP contribution in [0.2, 0.25) is 18.1 Å². The summed E-state index contributed by atoms with van der Waals surface area (Å²) < 4.78 is 11.6. The van der Waals surface area contributed by atoms with Crippen molar-refractivity contribution >= 4 is 8.32 Å². The maximum Gasteiger partial charge on any atom is 0.250 e. The number of hydrogen-bond donors (Lipinski definition) is 0. The Morgan fingerprint density at radius 3 is 2.40 bits per heavy atom. The van der Waals surface area contributed by atoms with E-state index in [-0.39, 0.29) is 5.04 Å². The van der Waals surface area contributed by atoms with Crippen LogP contribution in [0.25, 0.3) is 10.4 Å². The molecule has 0 aliphatic heterocycles. The molecule has 5 nitrogen and oxygen atoms in total. The highest BCUT2D eigenvalue weighted by Gasteiger charge is 2.39. The minimum atomic E-state index is -1.93. The van der Waals surface area contributed by atoms with Crippen molar-refractivity contribution in [3.63, 3.8) is 0 Å². The molecule has 0 bridgehead atoms. The third-order valence-corrected chi connectivity index (χ3v) is 8.06. The van der Waals surface area contributed by atoms with Crippen molar-refractivity contribution in [3.05, 3.63) is 34.2 Å². The normalized spacial score (nSPS) is 11.7. The zero-order chi connectivity index (χ0) is 15.4. The molecule has 0 N–H and O–H groups in total. The fraction of sp³-hybridized carbons (Fsp3) is 0.571. The van der Waals surface area contributed by atoms with Gasteiger partial charge in [0.25, 0.3) is 8.32 Å². The molecule has 0 spiro atoms. The van der Waals surface area contributed by atoms with E-state index < -0.39 is 8.32 Å². The van der Waals surface area contributed by atoms with E-state index in [1.807, 2.05) is 18.2 Å². The van der Waals surface area contributed by atoms with E-state index in [4.69, 9.17) is 14.7 Å². The highest BCUT2D eigenvalue weighted by Crippen LogP contribution is 2.40. The van der Waals surface area contributed by atoms with Crippen LogP contribution in [0, 0.1) is 0 Å². The summed E-state index contributed by atoms with van der Waals surface area (Å²) in [5.41, 5.74) is 9.31. The lowest BCUT2D eigenvalue weighted by Gasteiger charge is -2.36. The van der Waals surface area contributed by atoms with Gasteiger partial charge in [-0.1, -0.05) is 32.0 Å². The summed E-state index contributed by atoms with van der Waals surface area (Å²) >= 11 is 0. The standard InChI is InChI=1S/C14H23N3O2Si/c1-14(2,3)20(5,6)19-13-9-11(10-16-17-15)7-8-12(13)18-4/h7-9H,10H2,1-6H3. The summed E-state index contributed by atoms with van der Waals surface area (Å²) in [5.74, 6) is 1.43. The lowest BCUT2D eigenvalue weighted by Crippen LogP contribution is -2.43. The first-order valence-corrected chi connectivity index (χ1v) is 9.49. The number of rotatable bonds is 5. The highest BCUT2D eigenvalue weighted by atomic mass is 28.4. The molecule has 0 aliphatic rings. The van der Waals surface area contributed by atoms with E-state index >= 15 is 0 Å². The summed E-state index contributed by atoms with van der Waals surface area (Å²) in [4.78, 5) is 2.78. The zero-order valence-corrected chi connectivity index (χ0v) is 14.1. The van der Waals surface area contributed by atoms with Crippen LogP contribution in [0.4, 0.5) is 0 Å². The molecule has 1 aromatic carbocycles. The summed E-state index contributed by atoms with van der Waals surface area (Å²) in [6.07, 6.45) is 0. The lowest BCUT2D eigenvalue weighted by atomic mass is 10.2. The molecule has 0 atom stereocenters. The summed E-state index contributed by atoms with van der Waals surface area (Å²) in [6, 6.07) is 5.63. The topological polar surface area (TPSA) is 67.2 Å². The molecule has 0 heterocycles. The summed E-state index contributed by atoms with van der Waals surface area (Å²) in [7, 11) is -0.305. The van der Waals surface area contributed by atoms with Gasteiger partial charge >= 0.3 is 0 Å². The monoisotopic (exact) mass is 293 g/mol. The predicted molar refractivity (Wildman–Crippen MR) is 83.7 cm³/mol. The lowest BCUT2D eigenvalue weighted by molar-refractivity contribution is 0.385. The van der Waals surface area contributed by atoms with Crippen molar-refractivity contribution in [3.8, 4) is 11.5 Å². The molecule has 20 heavy (non-hydrogen) atoms. The van der Waals surface area contributed by atoms with Gasteiger partial charge < -0.3 is 9.16 Å². The van der Waals surface area contributed by atoms with E-state index in [9.17, 15) is 0 Å². The third-order valence-electron chi connectivity index (χ3n) is 3.72. The minimum Gasteiger partial charge on any atom is -0.541 e. The molecule has 1 rings (SSSR count). The number of azide groups is 1. The fourth-order valence-corrected chi connectivity index (χ4v) is 2.46. The molecule has 0 saturated heterocycles. The Kier molecular flexibility index (Phi) is 5.08. The van der Waals surface area contributed by atoms with Crippen molar-refractivity contribution in [2.75, 3.05) is 7.11 Å². The van der Waals surface area contributed by atoms with Gasteiger partial charge in [-0.2, -0.15) is 0 Å². The third kappa shape index (κ3) is 3.92. The maximum atomic E-state index is 8.40. The number of nitrogens with zero attached hydrogens (tertiary/aromatic N) is 3. The first-order chi connectivity index (χ1) is 9.21. The van der Waals surface area contributed by atoms with E-state index in [2.05, 4.69) is 43.9 Å². The van der Waals surface area contributed by atoms with Gasteiger partial charge in [0.15, 0.2) is 5.75 Å². The van der Waals surface area contributed by atoms with Crippen molar-refractivity contribution in [2.45, 2.75) is 45.4 Å². The first kappa shape index (κ1) is 16.4. The van der Waals surface area contributed by atoms with Crippen molar-refractivity contribution in [1.82, 2.24) is 0 Å². The molecular formula is C14H23N3O2Si. The molecule has 0 aliphatic carbocycles. The smallest absolute Gasteiger partial charge is 0.250 e. The Balaban J connectivity index is 3.11. The van der Waals surface area contributed by atoms with Crippen LogP contribution in [-0.4, -0.2) is 15.4 Å². The van der Waals surface area contributed by atoms with Crippen LogP contribution in [0.1, 0.15) is 26.3 Å². The SMILES string of the molecule is COc1ccc(CN=[N+]=[N-])cc1O[Si](C)(C)C(C)(C)C. The van der Waals surface area contributed by atoms with Crippen LogP contribution >= 0.6 is 0 Å². The highest BCUT2D eigenvalue weighted by molar-refractivity contribution is 6.74. The van der Waals surface area contributed by atoms with Gasteiger partial charge in [-0.3, -0.25) is 0 Å². The van der Waals surface area contributed by atoms with Crippen LogP contribution in [0.15, 0.2) is 23.3 Å². The Hall–Kier alpha value is -1.65. The number of hydrogen-bond acceptors (Lipinski definition) is 3. The van der Waals surface area contributed by atoms with Gasteiger partial charge in [0.05, 0.1) is 13.7 Å². The maximum absolute atomic E-state index is 8.40. The fourth-order valence-electron chi connectivity index (χ4n) is 1.44. The average Bonchev–Trinajstić information content (AvgIpc) is 2.34. The van der Waals surface area contributed by atoms with E-state index in [1.165, 1.54) is 0 Å². The number of methoxy groups -OCH3 is 1. The van der Waals surface area contributed by atoms with Gasteiger partial charge in [-0.15, -0.1) is 0 Å². The van der Waals surface area contributed by atoms with E-state index in [1.54, 1.807) is 7.11 Å². The molecule has 0 amide bonds. The van der Waals surface area contributed by atoms with Crippen molar-refractivity contribution < 1.29 is 9.16 Å². The zero-order valence-electron chi connectivity index (χ0n) is 13.1. The van der Waals surface area contributed by atoms with Crippen molar-refractivity contribution in [1.29, 1.82) is 0 Å². The molecule has 6 heteroatoms. The Labute approximate surface area is 121 Å². The van der Waals surface area contributed by atoms with Crippen LogP contribution < -0.4 is 9.16 Å². The Bertz CT molecular complexity index is 518. The molecular weight excluding hydrogens is 270 g/mol. The second-order valence-corrected chi connectivity index (χ2v) is 11.0. The quantitative estimate of drug-likeness (QED) is 0.336. The Morgan fingerprint density at radius 2 is 1.90 bits per heavy atom. The number of benzene rings is 1. The van der Waals surface area contributed by atoms with Gasteiger partial charge in [-0.05, 0) is 41.4 Å². The second-order valence-electron chi connectivity index (χ2n) is 6.24. The van der Waals surface area contributed by atoms with Gasteiger partial charge in [0, 0.05) is 4.91 Å². The Morgan fingerprint density at radius 1 is 1.25 bits per heavy atom. The van der Waals surface area contributed by atoms with Gasteiger partial charge in [-0.25, -0.2) is 0 Å². The molecule has 0 saturated carbocycles. The molecule has 110 valence electrons. The average molecular weight is 293 g/mol. The largest absolute Gasteiger partial charge is 0.541 e. The molecule has 0 radical (unpaired) electrons. The van der Waals surface area contributed by atoms with Gasteiger partial charge in [0.2, 0.25) is 0 Å². The van der Waals surface area contributed by atoms with Crippen LogP contribution in [0.3, 0.4) is 0 Å². The molecule has 1 aromatic rings. The van der Waals surface area contributed by atoms with Crippen molar-refractivity contribution in [2.24, 2.45) is 5.11 Å². The van der Waals surface area contributed by atoms with Crippen LogP contribution in [0.5, 0.6) is 11.5 Å². The molecule has 0 aromatic heterocycles. The summed E-state index contributed by atoms with van der Waals surface area (Å²) in [6.45, 7) is 11.3. The van der Waals surface area contributed by atoms with Crippen LogP contribution in [-0.2, 0) is 6.54 Å². The molecule has 0 fully saturated rings. The minimum absolute atomic E-state index is 0.110. The van der Waals surface area contributed by atoms with E-state index in [0.717, 1.165) is 11.3 Å². The second kappa shape index (κ2) is 6.20. The van der Waals surface area contributed by atoms with Gasteiger partial charge in [0.1, 0.15) is 5.75 Å². The van der Waals surface area contributed by atoms with E-state index in [0.29, 0.717) is 12.3 Å². The first-order valence-electron chi connectivity index (χ1n) is 6.58.